The first-order valence-electron chi connectivity index (χ1n) is 11.3. The van der Waals surface area contributed by atoms with Crippen molar-refractivity contribution in [1.82, 2.24) is 14.5 Å². The Labute approximate surface area is 194 Å². The van der Waals surface area contributed by atoms with E-state index in [1.807, 2.05) is 12.1 Å². The molecule has 0 bridgehead atoms. The molecule has 0 aliphatic carbocycles. The van der Waals surface area contributed by atoms with Gasteiger partial charge in [0.2, 0.25) is 15.9 Å². The summed E-state index contributed by atoms with van der Waals surface area (Å²) in [5.41, 5.74) is 0.999. The van der Waals surface area contributed by atoms with E-state index in [4.69, 9.17) is 4.42 Å². The number of piperidine rings is 1. The number of carbonyl (C=O) groups is 1. The maximum atomic E-state index is 13.2. The van der Waals surface area contributed by atoms with E-state index < -0.39 is 10.0 Å². The van der Waals surface area contributed by atoms with E-state index in [1.54, 1.807) is 18.4 Å². The second-order valence-electron chi connectivity index (χ2n) is 8.71. The van der Waals surface area contributed by atoms with Crippen LogP contribution in [0.5, 0.6) is 0 Å². The molecule has 2 aliphatic rings. The van der Waals surface area contributed by atoms with E-state index in [2.05, 4.69) is 15.1 Å². The highest BCUT2D eigenvalue weighted by Crippen LogP contribution is 2.25. The monoisotopic (exact) mass is 478 g/mol. The Morgan fingerprint density at radius 1 is 1.09 bits per heavy atom. The van der Waals surface area contributed by atoms with Gasteiger partial charge in [-0.25, -0.2) is 17.1 Å². The van der Waals surface area contributed by atoms with Crippen molar-refractivity contribution >= 4 is 21.6 Å². The van der Waals surface area contributed by atoms with Crippen molar-refractivity contribution in [2.45, 2.75) is 18.9 Å². The summed E-state index contributed by atoms with van der Waals surface area (Å²) in [6.07, 6.45) is 3.90. The summed E-state index contributed by atoms with van der Waals surface area (Å²) < 4.78 is 43.8. The molecule has 2 aliphatic heterocycles. The van der Waals surface area contributed by atoms with Crippen molar-refractivity contribution in [3.63, 3.8) is 0 Å². The first kappa shape index (κ1) is 23.7. The van der Waals surface area contributed by atoms with Gasteiger partial charge in [0.25, 0.3) is 0 Å². The lowest BCUT2D eigenvalue weighted by Crippen LogP contribution is -2.50. The number of amides is 1. The van der Waals surface area contributed by atoms with E-state index in [1.165, 1.54) is 22.7 Å². The fourth-order valence-electron chi connectivity index (χ4n) is 4.63. The van der Waals surface area contributed by atoms with Crippen molar-refractivity contribution in [3.05, 3.63) is 54.2 Å². The average Bonchev–Trinajstić information content (AvgIpc) is 3.34. The smallest absolute Gasteiger partial charge is 0.223 e. The van der Waals surface area contributed by atoms with Gasteiger partial charge < -0.3 is 14.6 Å². The highest BCUT2D eigenvalue weighted by molar-refractivity contribution is 7.88. The van der Waals surface area contributed by atoms with Crippen LogP contribution in [0.3, 0.4) is 0 Å². The van der Waals surface area contributed by atoms with Crippen LogP contribution < -0.4 is 10.2 Å². The molecule has 0 spiro atoms. The number of nitrogens with zero attached hydrogens (tertiary/aromatic N) is 3. The Morgan fingerprint density at radius 2 is 1.76 bits per heavy atom. The van der Waals surface area contributed by atoms with Crippen LogP contribution in [-0.4, -0.2) is 75.6 Å². The molecule has 1 N–H and O–H groups in total. The molecule has 4 rings (SSSR count). The number of furan rings is 1. The zero-order chi connectivity index (χ0) is 23.4. The summed E-state index contributed by atoms with van der Waals surface area (Å²) in [4.78, 5) is 17.3. The summed E-state index contributed by atoms with van der Waals surface area (Å²) in [7, 11) is -3.21. The molecule has 1 aromatic carbocycles. The summed E-state index contributed by atoms with van der Waals surface area (Å²) in [6, 6.07) is 10.2. The molecule has 180 valence electrons. The first-order chi connectivity index (χ1) is 15.8. The number of hydrogen-bond acceptors (Lipinski definition) is 6. The van der Waals surface area contributed by atoms with E-state index in [-0.39, 0.29) is 23.7 Å². The van der Waals surface area contributed by atoms with Crippen LogP contribution >= 0.6 is 0 Å². The maximum Gasteiger partial charge on any atom is 0.223 e. The van der Waals surface area contributed by atoms with E-state index in [0.717, 1.165) is 37.6 Å². The zero-order valence-electron chi connectivity index (χ0n) is 18.8. The topological polar surface area (TPSA) is 86.1 Å². The second kappa shape index (κ2) is 10.2. The van der Waals surface area contributed by atoms with Gasteiger partial charge >= 0.3 is 0 Å². The van der Waals surface area contributed by atoms with Crippen molar-refractivity contribution < 1.29 is 22.0 Å². The standard InChI is InChI=1S/C23H31FN4O4S/c1-33(30,31)28-10-8-18(9-11-28)23(29)25-17-21(22-3-2-16-32-22)27-14-12-26(13-15-27)20-6-4-19(24)5-7-20/h2-7,16,18,21H,8-15,17H2,1H3,(H,25,29). The predicted molar refractivity (Wildman–Crippen MR) is 124 cm³/mol. The third-order valence-electron chi connectivity index (χ3n) is 6.58. The van der Waals surface area contributed by atoms with Gasteiger partial charge in [-0.3, -0.25) is 9.69 Å². The minimum Gasteiger partial charge on any atom is -0.468 e. The molecule has 2 aromatic rings. The zero-order valence-corrected chi connectivity index (χ0v) is 19.6. The lowest BCUT2D eigenvalue weighted by Gasteiger charge is -2.39. The maximum absolute atomic E-state index is 13.2. The van der Waals surface area contributed by atoms with Crippen LogP contribution in [0.15, 0.2) is 47.1 Å². The van der Waals surface area contributed by atoms with Crippen LogP contribution in [0.25, 0.3) is 0 Å². The van der Waals surface area contributed by atoms with Crippen LogP contribution in [0.2, 0.25) is 0 Å². The Kier molecular flexibility index (Phi) is 7.35. The van der Waals surface area contributed by atoms with Crippen LogP contribution in [0.4, 0.5) is 10.1 Å². The Bertz CT molecular complexity index is 1010. The largest absolute Gasteiger partial charge is 0.468 e. The molecule has 8 nitrogen and oxygen atoms in total. The van der Waals surface area contributed by atoms with Crippen molar-refractivity contribution in [1.29, 1.82) is 0 Å². The van der Waals surface area contributed by atoms with Gasteiger partial charge in [0.05, 0.1) is 18.6 Å². The van der Waals surface area contributed by atoms with Gasteiger partial charge in [0.1, 0.15) is 11.6 Å². The molecule has 1 unspecified atom stereocenters. The molecule has 1 amide bonds. The molecule has 3 heterocycles. The molecule has 2 fully saturated rings. The number of anilines is 1. The molecule has 0 saturated carbocycles. The van der Waals surface area contributed by atoms with Gasteiger partial charge in [0, 0.05) is 57.4 Å². The first-order valence-corrected chi connectivity index (χ1v) is 13.2. The molecule has 1 atom stereocenters. The van der Waals surface area contributed by atoms with Crippen molar-refractivity contribution in [2.75, 3.05) is 57.0 Å². The molecular weight excluding hydrogens is 447 g/mol. The van der Waals surface area contributed by atoms with Gasteiger partial charge in [0.15, 0.2) is 0 Å². The fourth-order valence-corrected chi connectivity index (χ4v) is 5.50. The number of sulfonamides is 1. The second-order valence-corrected chi connectivity index (χ2v) is 10.7. The number of carbonyl (C=O) groups excluding carboxylic acids is 1. The third kappa shape index (κ3) is 5.93. The number of hydrogen-bond donors (Lipinski definition) is 1. The van der Waals surface area contributed by atoms with Crippen LogP contribution in [-0.2, 0) is 14.8 Å². The Morgan fingerprint density at radius 3 is 2.33 bits per heavy atom. The molecule has 0 radical (unpaired) electrons. The summed E-state index contributed by atoms with van der Waals surface area (Å²) in [6.45, 7) is 4.33. The number of nitrogens with one attached hydrogen (secondary N) is 1. The number of halogens is 1. The summed E-state index contributed by atoms with van der Waals surface area (Å²) >= 11 is 0. The molecule has 2 saturated heterocycles. The SMILES string of the molecule is CS(=O)(=O)N1CCC(C(=O)NCC(c2ccco2)N2CCN(c3ccc(F)cc3)CC2)CC1. The third-order valence-corrected chi connectivity index (χ3v) is 7.88. The highest BCUT2D eigenvalue weighted by Gasteiger charge is 2.31. The van der Waals surface area contributed by atoms with E-state index in [9.17, 15) is 17.6 Å². The summed E-state index contributed by atoms with van der Waals surface area (Å²) in [5, 5.41) is 3.08. The highest BCUT2D eigenvalue weighted by atomic mass is 32.2. The van der Waals surface area contributed by atoms with Crippen molar-refractivity contribution in [3.8, 4) is 0 Å². The van der Waals surface area contributed by atoms with Crippen molar-refractivity contribution in [2.24, 2.45) is 5.92 Å². The molecular formula is C23H31FN4O4S. The van der Waals surface area contributed by atoms with Gasteiger partial charge in [-0.2, -0.15) is 0 Å². The summed E-state index contributed by atoms with van der Waals surface area (Å²) in [5.74, 6) is 0.339. The van der Waals surface area contributed by atoms with Gasteiger partial charge in [-0.05, 0) is 49.2 Å². The lowest BCUT2D eigenvalue weighted by atomic mass is 9.97. The quantitative estimate of drug-likeness (QED) is 0.656. The Balaban J connectivity index is 1.33. The lowest BCUT2D eigenvalue weighted by molar-refractivity contribution is -0.126. The van der Waals surface area contributed by atoms with Gasteiger partial charge in [-0.1, -0.05) is 0 Å². The minimum absolute atomic E-state index is 0.0374. The molecule has 33 heavy (non-hydrogen) atoms. The number of benzene rings is 1. The van der Waals surface area contributed by atoms with E-state index >= 15 is 0 Å². The molecule has 1 aromatic heterocycles. The number of rotatable bonds is 7. The average molecular weight is 479 g/mol. The predicted octanol–water partition coefficient (Wildman–Crippen LogP) is 2.07. The van der Waals surface area contributed by atoms with Gasteiger partial charge in [-0.15, -0.1) is 0 Å². The number of piperazine rings is 1. The molecule has 10 heteroatoms. The van der Waals surface area contributed by atoms with E-state index in [0.29, 0.717) is 32.5 Å². The normalized spacial score (nSPS) is 20.0. The van der Waals surface area contributed by atoms with Crippen LogP contribution in [0.1, 0.15) is 24.6 Å². The Hall–Kier alpha value is -2.43. The fraction of sp³-hybridized carbons (Fsp3) is 0.522. The minimum atomic E-state index is -3.21. The van der Waals surface area contributed by atoms with Crippen LogP contribution in [0, 0.1) is 11.7 Å².